The molecule has 2 heterocycles. The summed E-state index contributed by atoms with van der Waals surface area (Å²) < 4.78 is 7.95. The van der Waals surface area contributed by atoms with Gasteiger partial charge in [0.05, 0.1) is 20.0 Å². The number of hydrogen-bond donors (Lipinski definition) is 3. The first-order valence-electron chi connectivity index (χ1n) is 9.17. The molecule has 144 valence electrons. The number of nitrogen functional groups attached to an aromatic ring is 1. The van der Waals surface area contributed by atoms with Crippen LogP contribution in [0.3, 0.4) is 0 Å². The van der Waals surface area contributed by atoms with Crippen molar-refractivity contribution in [3.8, 4) is 17.4 Å². The maximum Gasteiger partial charge on any atom is 0.306 e. The van der Waals surface area contributed by atoms with Crippen LogP contribution in [0.15, 0.2) is 48.8 Å². The van der Waals surface area contributed by atoms with Gasteiger partial charge in [-0.3, -0.25) is 0 Å². The molecule has 0 spiro atoms. The maximum atomic E-state index is 9.91. The van der Waals surface area contributed by atoms with Gasteiger partial charge in [-0.05, 0) is 17.7 Å². The minimum Gasteiger partial charge on any atom is -0.508 e. The number of phenols is 1. The lowest BCUT2D eigenvalue weighted by molar-refractivity contribution is -0.882. The Hall–Kier alpha value is -2.83. The van der Waals surface area contributed by atoms with Gasteiger partial charge in [-0.1, -0.05) is 40.9 Å². The number of rotatable bonds is 4. The highest BCUT2D eigenvalue weighted by molar-refractivity contribution is 6.31. The van der Waals surface area contributed by atoms with Crippen LogP contribution in [0.2, 0.25) is 5.02 Å². The molecule has 28 heavy (non-hydrogen) atoms. The molecule has 6 nitrogen and oxygen atoms in total. The fraction of sp³-hybridized carbons (Fsp3) is 0.238. The summed E-state index contributed by atoms with van der Waals surface area (Å²) in [6, 6.07) is 12.8. The molecule has 0 bridgehead atoms. The Labute approximate surface area is 168 Å². The number of aromatic nitrogens is 2. The van der Waals surface area contributed by atoms with Crippen molar-refractivity contribution >= 4 is 17.4 Å². The normalized spacial score (nSPS) is 15.1. The second-order valence-corrected chi connectivity index (χ2v) is 7.69. The molecule has 1 aliphatic heterocycles. The topological polar surface area (TPSA) is 76.7 Å². The Bertz CT molecular complexity index is 1040. The van der Waals surface area contributed by atoms with E-state index >= 15 is 0 Å². The molecule has 1 aliphatic rings. The zero-order valence-electron chi connectivity index (χ0n) is 15.8. The van der Waals surface area contributed by atoms with Crippen LogP contribution >= 0.6 is 11.6 Å². The summed E-state index contributed by atoms with van der Waals surface area (Å²) in [6.07, 6.45) is 1.70. The van der Waals surface area contributed by atoms with Crippen molar-refractivity contribution in [3.05, 3.63) is 70.5 Å². The van der Waals surface area contributed by atoms with Gasteiger partial charge in [0.2, 0.25) is 12.1 Å². The number of benzene rings is 2. The number of fused-ring (bicyclic) bond motifs is 2. The lowest BCUT2D eigenvalue weighted by atomic mass is 9.83. The maximum absolute atomic E-state index is 9.91. The highest BCUT2D eigenvalue weighted by atomic mass is 35.5. The minimum atomic E-state index is -0.236. The molecule has 0 amide bonds. The Kier molecular flexibility index (Phi) is 4.83. The molecular formula is C21H23ClN4O2+2. The van der Waals surface area contributed by atoms with E-state index in [0.717, 1.165) is 29.8 Å². The van der Waals surface area contributed by atoms with Gasteiger partial charge in [0.25, 0.3) is 0 Å². The number of ether oxygens (including phenoxy) is 1. The van der Waals surface area contributed by atoms with E-state index in [4.69, 9.17) is 22.1 Å². The molecule has 2 aromatic carbocycles. The van der Waals surface area contributed by atoms with Crippen molar-refractivity contribution in [1.82, 2.24) is 4.98 Å². The van der Waals surface area contributed by atoms with Crippen LogP contribution in [0, 0.1) is 0 Å². The minimum absolute atomic E-state index is 0.132. The molecule has 0 radical (unpaired) electrons. The van der Waals surface area contributed by atoms with E-state index in [-0.39, 0.29) is 11.7 Å². The van der Waals surface area contributed by atoms with Crippen LogP contribution < -0.4 is 19.9 Å². The first-order valence-corrected chi connectivity index (χ1v) is 9.55. The molecule has 1 aromatic heterocycles. The predicted octanol–water partition coefficient (Wildman–Crippen LogP) is 1.74. The van der Waals surface area contributed by atoms with E-state index in [9.17, 15) is 5.11 Å². The van der Waals surface area contributed by atoms with Crippen molar-refractivity contribution in [1.29, 1.82) is 0 Å². The monoisotopic (exact) mass is 398 g/mol. The fourth-order valence-electron chi connectivity index (χ4n) is 3.53. The second-order valence-electron chi connectivity index (χ2n) is 7.28. The van der Waals surface area contributed by atoms with E-state index in [1.807, 2.05) is 34.9 Å². The number of aromatic hydroxyl groups is 1. The van der Waals surface area contributed by atoms with Gasteiger partial charge < -0.3 is 20.5 Å². The zero-order valence-corrected chi connectivity index (χ0v) is 16.6. The van der Waals surface area contributed by atoms with Gasteiger partial charge in [0.1, 0.15) is 30.2 Å². The first kappa shape index (κ1) is 18.5. The highest BCUT2D eigenvalue weighted by Gasteiger charge is 2.37. The van der Waals surface area contributed by atoms with Gasteiger partial charge in [0, 0.05) is 16.7 Å². The number of hydrogen-bond acceptors (Lipinski definition) is 4. The number of quaternary nitrogens is 1. The Balaban J connectivity index is 1.92. The average Bonchev–Trinajstić information content (AvgIpc) is 2.66. The fourth-order valence-corrected chi connectivity index (χ4v) is 3.78. The number of anilines is 1. The van der Waals surface area contributed by atoms with Crippen LogP contribution in [0.25, 0.3) is 0 Å². The molecule has 0 fully saturated rings. The first-order chi connectivity index (χ1) is 13.5. The van der Waals surface area contributed by atoms with E-state index in [1.165, 1.54) is 4.90 Å². The molecule has 4 N–H and O–H groups in total. The Morgan fingerprint density at radius 3 is 2.75 bits per heavy atom. The Morgan fingerprint density at radius 1 is 1.21 bits per heavy atom. The van der Waals surface area contributed by atoms with Crippen LogP contribution in [-0.4, -0.2) is 30.7 Å². The van der Waals surface area contributed by atoms with E-state index in [1.54, 1.807) is 18.5 Å². The van der Waals surface area contributed by atoms with Gasteiger partial charge in [0.15, 0.2) is 0 Å². The lowest BCUT2D eigenvalue weighted by Gasteiger charge is -2.27. The van der Waals surface area contributed by atoms with Crippen molar-refractivity contribution in [2.75, 3.05) is 26.4 Å². The van der Waals surface area contributed by atoms with E-state index in [2.05, 4.69) is 19.1 Å². The van der Waals surface area contributed by atoms with Crippen LogP contribution in [0.5, 0.6) is 17.4 Å². The summed E-state index contributed by atoms with van der Waals surface area (Å²) in [4.78, 5) is 5.84. The number of nitrogens with zero attached hydrogens (tertiary/aromatic N) is 2. The van der Waals surface area contributed by atoms with Gasteiger partial charge in [-0.2, -0.15) is 0 Å². The quantitative estimate of drug-likeness (QED) is 0.458. The highest BCUT2D eigenvalue weighted by Crippen LogP contribution is 2.49. The standard InChI is InChI=1S/C21H21ClN4O2/c1-25(2)9-10-26-12-24-21-19(20(26)23)18(14-5-3-4-6-16(14)22)15-8-7-13(27)11-17(15)28-21/h3-8,11-12,18,23,27H,9-10H2,1-2H3/p+2/t18-/m0/s1. The molecule has 4 rings (SSSR count). The zero-order chi connectivity index (χ0) is 19.8. The lowest BCUT2D eigenvalue weighted by Crippen LogP contribution is -3.06. The molecule has 7 heteroatoms. The molecule has 0 saturated carbocycles. The van der Waals surface area contributed by atoms with Crippen LogP contribution in [0.1, 0.15) is 22.6 Å². The number of phenolic OH excluding ortho intramolecular Hbond substituents is 1. The number of nitrogens with two attached hydrogens (primary N) is 1. The summed E-state index contributed by atoms with van der Waals surface area (Å²) in [5.74, 6) is 1.50. The summed E-state index contributed by atoms with van der Waals surface area (Å²) in [5.41, 5.74) is 9.20. The van der Waals surface area contributed by atoms with Crippen molar-refractivity contribution in [3.63, 3.8) is 0 Å². The van der Waals surface area contributed by atoms with Gasteiger partial charge in [-0.15, -0.1) is 0 Å². The van der Waals surface area contributed by atoms with E-state index < -0.39 is 0 Å². The van der Waals surface area contributed by atoms with Crippen molar-refractivity contribution < 1.29 is 19.3 Å². The third-order valence-corrected chi connectivity index (χ3v) is 5.35. The summed E-state index contributed by atoms with van der Waals surface area (Å²) in [5, 5.41) is 10.6. The third kappa shape index (κ3) is 3.25. The van der Waals surface area contributed by atoms with Crippen molar-refractivity contribution in [2.45, 2.75) is 12.5 Å². The predicted molar refractivity (Wildman–Crippen MR) is 107 cm³/mol. The van der Waals surface area contributed by atoms with Crippen molar-refractivity contribution in [2.24, 2.45) is 0 Å². The SMILES string of the molecule is C[NH+](C)CC[n+]1cnc2c(c1N)[C@@H](c1ccccc1Cl)c1ccc(O)cc1O2. The molecule has 0 saturated heterocycles. The molecule has 1 atom stereocenters. The van der Waals surface area contributed by atoms with Gasteiger partial charge in [-0.25, -0.2) is 4.57 Å². The number of likely N-dealkylation sites (N-methyl/N-ethyl adjacent to an activating group) is 1. The summed E-state index contributed by atoms with van der Waals surface area (Å²) >= 11 is 6.56. The molecular weight excluding hydrogens is 376 g/mol. The molecule has 0 aliphatic carbocycles. The Morgan fingerprint density at radius 2 is 2.00 bits per heavy atom. The van der Waals surface area contributed by atoms with Crippen LogP contribution in [-0.2, 0) is 6.54 Å². The van der Waals surface area contributed by atoms with E-state index in [0.29, 0.717) is 22.5 Å². The average molecular weight is 399 g/mol. The second kappa shape index (κ2) is 7.30. The van der Waals surface area contributed by atoms with Gasteiger partial charge >= 0.3 is 5.88 Å². The number of nitrogens with one attached hydrogen (secondary N) is 1. The smallest absolute Gasteiger partial charge is 0.306 e. The summed E-state index contributed by atoms with van der Waals surface area (Å²) in [6.45, 7) is 1.66. The largest absolute Gasteiger partial charge is 0.508 e. The van der Waals surface area contributed by atoms with Crippen LogP contribution in [0.4, 0.5) is 5.82 Å². The third-order valence-electron chi connectivity index (χ3n) is 5.00. The number of halogens is 1. The molecule has 0 unspecified atom stereocenters. The molecule has 3 aromatic rings. The summed E-state index contributed by atoms with van der Waals surface area (Å²) in [7, 11) is 4.20.